The van der Waals surface area contributed by atoms with Crippen LogP contribution in [-0.4, -0.2) is 18.7 Å². The first-order valence-corrected chi connectivity index (χ1v) is 3.78. The minimum atomic E-state index is -0.263. The molecule has 0 radical (unpaired) electrons. The fourth-order valence-electron chi connectivity index (χ4n) is 0.870. The quantitative estimate of drug-likeness (QED) is 0.508. The van der Waals surface area contributed by atoms with E-state index < -0.39 is 0 Å². The first-order chi connectivity index (χ1) is 5.84. The van der Waals surface area contributed by atoms with Gasteiger partial charge in [0, 0.05) is 25.0 Å². The Kier molecular flexibility index (Phi) is 3.63. The molecule has 0 aliphatic rings. The van der Waals surface area contributed by atoms with E-state index in [4.69, 9.17) is 0 Å². The highest BCUT2D eigenvalue weighted by molar-refractivity contribution is 5.11. The van der Waals surface area contributed by atoms with Gasteiger partial charge in [0.15, 0.2) is 0 Å². The van der Waals surface area contributed by atoms with E-state index in [1.54, 1.807) is 12.3 Å². The topological polar surface area (TPSA) is 37.0 Å². The summed E-state index contributed by atoms with van der Waals surface area (Å²) < 4.78 is 12.9. The third kappa shape index (κ3) is 2.56. The predicted octanol–water partition coefficient (Wildman–Crippen LogP) is 0.487. The van der Waals surface area contributed by atoms with Gasteiger partial charge in [0.05, 0.1) is 6.20 Å². The molecule has 0 aromatic carbocycles. The standard InChI is InChI=1S/C8H12FN3/c1-10-6-12-4-7-2-3-11-5-8(7)9/h2-3,5,10,12H,4,6H2,1H3. The van der Waals surface area contributed by atoms with E-state index in [2.05, 4.69) is 15.6 Å². The molecule has 0 fully saturated rings. The second-order valence-corrected chi connectivity index (χ2v) is 2.42. The summed E-state index contributed by atoms with van der Waals surface area (Å²) >= 11 is 0. The molecular formula is C8H12FN3. The molecule has 0 aliphatic carbocycles. The summed E-state index contributed by atoms with van der Waals surface area (Å²) in [7, 11) is 1.83. The molecule has 1 aromatic rings. The van der Waals surface area contributed by atoms with Gasteiger partial charge >= 0.3 is 0 Å². The normalized spacial score (nSPS) is 10.2. The fourth-order valence-corrected chi connectivity index (χ4v) is 0.870. The van der Waals surface area contributed by atoms with Gasteiger partial charge in [-0.05, 0) is 13.1 Å². The third-order valence-corrected chi connectivity index (χ3v) is 1.47. The number of pyridine rings is 1. The SMILES string of the molecule is CNCNCc1ccncc1F. The van der Waals surface area contributed by atoms with E-state index >= 15 is 0 Å². The fraction of sp³-hybridized carbons (Fsp3) is 0.375. The molecule has 0 amide bonds. The zero-order chi connectivity index (χ0) is 8.81. The summed E-state index contributed by atoms with van der Waals surface area (Å²) in [5.74, 6) is -0.263. The van der Waals surface area contributed by atoms with Crippen molar-refractivity contribution in [1.29, 1.82) is 0 Å². The number of halogens is 1. The van der Waals surface area contributed by atoms with Gasteiger partial charge in [0.2, 0.25) is 0 Å². The smallest absolute Gasteiger partial charge is 0.145 e. The van der Waals surface area contributed by atoms with Crippen LogP contribution in [0.1, 0.15) is 5.56 Å². The molecule has 0 atom stereocenters. The van der Waals surface area contributed by atoms with Crippen LogP contribution in [0.5, 0.6) is 0 Å². The Morgan fingerprint density at radius 3 is 3.08 bits per heavy atom. The lowest BCUT2D eigenvalue weighted by atomic mass is 10.2. The molecule has 1 aromatic heterocycles. The summed E-state index contributed by atoms with van der Waals surface area (Å²) in [4.78, 5) is 3.65. The lowest BCUT2D eigenvalue weighted by Crippen LogP contribution is -2.25. The molecule has 1 heterocycles. The van der Waals surface area contributed by atoms with E-state index in [9.17, 15) is 4.39 Å². The second-order valence-electron chi connectivity index (χ2n) is 2.42. The van der Waals surface area contributed by atoms with Crippen LogP contribution in [0.4, 0.5) is 4.39 Å². The molecule has 66 valence electrons. The predicted molar refractivity (Wildman–Crippen MR) is 45.0 cm³/mol. The number of rotatable bonds is 4. The Morgan fingerprint density at radius 1 is 1.58 bits per heavy atom. The van der Waals surface area contributed by atoms with Crippen LogP contribution in [0.3, 0.4) is 0 Å². The van der Waals surface area contributed by atoms with E-state index in [1.807, 2.05) is 7.05 Å². The van der Waals surface area contributed by atoms with Crippen LogP contribution in [0, 0.1) is 5.82 Å². The minimum Gasteiger partial charge on any atom is -0.308 e. The van der Waals surface area contributed by atoms with E-state index in [0.717, 1.165) is 0 Å². The van der Waals surface area contributed by atoms with Gasteiger partial charge in [0.1, 0.15) is 5.82 Å². The van der Waals surface area contributed by atoms with Crippen molar-refractivity contribution in [3.8, 4) is 0 Å². The van der Waals surface area contributed by atoms with Gasteiger partial charge in [-0.1, -0.05) is 0 Å². The molecular weight excluding hydrogens is 157 g/mol. The van der Waals surface area contributed by atoms with E-state index in [1.165, 1.54) is 6.20 Å². The maximum atomic E-state index is 12.9. The second kappa shape index (κ2) is 4.79. The van der Waals surface area contributed by atoms with Gasteiger partial charge in [-0.3, -0.25) is 4.98 Å². The van der Waals surface area contributed by atoms with Crippen molar-refractivity contribution in [3.63, 3.8) is 0 Å². The van der Waals surface area contributed by atoms with Crippen LogP contribution in [0.2, 0.25) is 0 Å². The third-order valence-electron chi connectivity index (χ3n) is 1.47. The summed E-state index contributed by atoms with van der Waals surface area (Å²) in [6.45, 7) is 1.19. The Hall–Kier alpha value is -1.00. The molecule has 3 nitrogen and oxygen atoms in total. The van der Waals surface area contributed by atoms with Crippen LogP contribution >= 0.6 is 0 Å². The number of hydrogen-bond donors (Lipinski definition) is 2. The van der Waals surface area contributed by atoms with Crippen molar-refractivity contribution in [2.45, 2.75) is 6.54 Å². The van der Waals surface area contributed by atoms with Crippen LogP contribution < -0.4 is 10.6 Å². The molecule has 2 N–H and O–H groups in total. The molecule has 0 aliphatic heterocycles. The Morgan fingerprint density at radius 2 is 2.42 bits per heavy atom. The molecule has 0 spiro atoms. The molecule has 0 bridgehead atoms. The summed E-state index contributed by atoms with van der Waals surface area (Å²) in [5.41, 5.74) is 0.639. The van der Waals surface area contributed by atoms with Crippen LogP contribution in [0.25, 0.3) is 0 Å². The van der Waals surface area contributed by atoms with E-state index in [-0.39, 0.29) is 5.82 Å². The molecule has 12 heavy (non-hydrogen) atoms. The van der Waals surface area contributed by atoms with Gasteiger partial charge in [-0.15, -0.1) is 0 Å². The van der Waals surface area contributed by atoms with Gasteiger partial charge in [0.25, 0.3) is 0 Å². The number of nitrogens with one attached hydrogen (secondary N) is 2. The average Bonchev–Trinajstić information content (AvgIpc) is 2.09. The van der Waals surface area contributed by atoms with Crippen molar-refractivity contribution in [2.24, 2.45) is 0 Å². The zero-order valence-corrected chi connectivity index (χ0v) is 6.97. The Balaban J connectivity index is 2.46. The van der Waals surface area contributed by atoms with Crippen LogP contribution in [0.15, 0.2) is 18.5 Å². The molecule has 4 heteroatoms. The highest BCUT2D eigenvalue weighted by Gasteiger charge is 1.98. The largest absolute Gasteiger partial charge is 0.308 e. The van der Waals surface area contributed by atoms with Crippen molar-refractivity contribution in [1.82, 2.24) is 15.6 Å². The maximum Gasteiger partial charge on any atom is 0.145 e. The highest BCUT2D eigenvalue weighted by atomic mass is 19.1. The highest BCUT2D eigenvalue weighted by Crippen LogP contribution is 2.02. The minimum absolute atomic E-state index is 0.263. The lowest BCUT2D eigenvalue weighted by Gasteiger charge is -2.03. The van der Waals surface area contributed by atoms with Crippen molar-refractivity contribution < 1.29 is 4.39 Å². The van der Waals surface area contributed by atoms with E-state index in [0.29, 0.717) is 18.8 Å². The first kappa shape index (κ1) is 9.09. The molecule has 1 rings (SSSR count). The summed E-state index contributed by atoms with van der Waals surface area (Å²) in [6, 6.07) is 1.66. The Bertz CT molecular complexity index is 239. The van der Waals surface area contributed by atoms with Gasteiger partial charge in [-0.25, -0.2) is 4.39 Å². The van der Waals surface area contributed by atoms with Gasteiger partial charge < -0.3 is 10.6 Å². The summed E-state index contributed by atoms with van der Waals surface area (Å²) in [5, 5.41) is 5.92. The number of nitrogens with zero attached hydrogens (tertiary/aromatic N) is 1. The molecule has 0 unspecified atom stereocenters. The van der Waals surface area contributed by atoms with Crippen LogP contribution in [-0.2, 0) is 6.54 Å². The zero-order valence-electron chi connectivity index (χ0n) is 6.97. The monoisotopic (exact) mass is 169 g/mol. The average molecular weight is 169 g/mol. The molecule has 0 saturated carbocycles. The molecule has 0 saturated heterocycles. The van der Waals surface area contributed by atoms with Crippen molar-refractivity contribution in [3.05, 3.63) is 29.8 Å². The lowest BCUT2D eigenvalue weighted by molar-refractivity contribution is 0.571. The van der Waals surface area contributed by atoms with Crippen molar-refractivity contribution in [2.75, 3.05) is 13.7 Å². The number of hydrogen-bond acceptors (Lipinski definition) is 3. The first-order valence-electron chi connectivity index (χ1n) is 3.78. The number of aromatic nitrogens is 1. The van der Waals surface area contributed by atoms with Gasteiger partial charge in [-0.2, -0.15) is 0 Å². The Labute approximate surface area is 71.0 Å². The maximum absolute atomic E-state index is 12.9. The summed E-state index contributed by atoms with van der Waals surface area (Å²) in [6.07, 6.45) is 2.80. The van der Waals surface area contributed by atoms with Crippen molar-refractivity contribution >= 4 is 0 Å².